The normalized spacial score (nSPS) is 9.71. The third-order valence-corrected chi connectivity index (χ3v) is 1.99. The maximum absolute atomic E-state index is 13.3. The van der Waals surface area contributed by atoms with Crippen LogP contribution in [0, 0.1) is 23.0 Å². The molecule has 1 aromatic heterocycles. The SMILES string of the molecule is N#Cc1ncccc1Oc1ccc(F)cc1F. The van der Waals surface area contributed by atoms with E-state index in [0.717, 1.165) is 12.1 Å². The lowest BCUT2D eigenvalue weighted by Gasteiger charge is -2.07. The Bertz CT molecular complexity index is 593. The van der Waals surface area contributed by atoms with Gasteiger partial charge >= 0.3 is 0 Å². The fourth-order valence-electron chi connectivity index (χ4n) is 1.23. The van der Waals surface area contributed by atoms with E-state index in [1.54, 1.807) is 6.07 Å². The average Bonchev–Trinajstić information content (AvgIpc) is 2.33. The van der Waals surface area contributed by atoms with Gasteiger partial charge in [-0.15, -0.1) is 0 Å². The number of hydrogen-bond acceptors (Lipinski definition) is 3. The van der Waals surface area contributed by atoms with Crippen LogP contribution in [-0.4, -0.2) is 4.98 Å². The summed E-state index contributed by atoms with van der Waals surface area (Å²) in [6.45, 7) is 0. The molecule has 1 aromatic carbocycles. The van der Waals surface area contributed by atoms with Crippen molar-refractivity contribution < 1.29 is 13.5 Å². The Balaban J connectivity index is 2.35. The lowest BCUT2D eigenvalue weighted by atomic mass is 10.3. The van der Waals surface area contributed by atoms with Gasteiger partial charge in [-0.05, 0) is 24.3 Å². The van der Waals surface area contributed by atoms with Gasteiger partial charge in [-0.25, -0.2) is 13.8 Å². The monoisotopic (exact) mass is 232 g/mol. The summed E-state index contributed by atoms with van der Waals surface area (Å²) in [6, 6.07) is 7.78. The summed E-state index contributed by atoms with van der Waals surface area (Å²) >= 11 is 0. The van der Waals surface area contributed by atoms with Gasteiger partial charge in [-0.2, -0.15) is 5.26 Å². The van der Waals surface area contributed by atoms with Gasteiger partial charge in [0.05, 0.1) is 0 Å². The molecule has 0 bridgehead atoms. The Hall–Kier alpha value is -2.48. The summed E-state index contributed by atoms with van der Waals surface area (Å²) in [7, 11) is 0. The Kier molecular flexibility index (Phi) is 2.97. The van der Waals surface area contributed by atoms with E-state index in [4.69, 9.17) is 10.00 Å². The number of benzene rings is 1. The van der Waals surface area contributed by atoms with Crippen LogP contribution in [0.15, 0.2) is 36.5 Å². The number of nitrogens with zero attached hydrogens (tertiary/aromatic N) is 2. The molecule has 0 saturated carbocycles. The van der Waals surface area contributed by atoms with E-state index in [-0.39, 0.29) is 17.2 Å². The molecular formula is C12H6F2N2O. The fourth-order valence-corrected chi connectivity index (χ4v) is 1.23. The largest absolute Gasteiger partial charge is 0.451 e. The number of hydrogen-bond donors (Lipinski definition) is 0. The quantitative estimate of drug-likeness (QED) is 0.799. The van der Waals surface area contributed by atoms with E-state index in [0.29, 0.717) is 6.07 Å². The standard InChI is InChI=1S/C12H6F2N2O/c13-8-3-4-11(9(14)6-8)17-12-2-1-5-16-10(12)7-15/h1-6H. The summed E-state index contributed by atoms with van der Waals surface area (Å²) in [4.78, 5) is 3.76. The zero-order chi connectivity index (χ0) is 12.3. The van der Waals surface area contributed by atoms with Crippen molar-refractivity contribution in [1.82, 2.24) is 4.98 Å². The molecule has 2 aromatic rings. The van der Waals surface area contributed by atoms with E-state index in [1.807, 2.05) is 6.07 Å². The van der Waals surface area contributed by atoms with Crippen molar-refractivity contribution in [1.29, 1.82) is 5.26 Å². The third kappa shape index (κ3) is 2.37. The number of halogens is 2. The van der Waals surface area contributed by atoms with Crippen molar-refractivity contribution in [2.75, 3.05) is 0 Å². The summed E-state index contributed by atoms with van der Waals surface area (Å²) in [5.41, 5.74) is 0.0382. The Labute approximate surface area is 95.9 Å². The van der Waals surface area contributed by atoms with Crippen LogP contribution in [0.1, 0.15) is 5.69 Å². The fraction of sp³-hybridized carbons (Fsp3) is 0. The molecule has 5 heteroatoms. The summed E-state index contributed by atoms with van der Waals surface area (Å²) < 4.78 is 31.1. The molecule has 0 radical (unpaired) electrons. The van der Waals surface area contributed by atoms with E-state index < -0.39 is 11.6 Å². The summed E-state index contributed by atoms with van der Waals surface area (Å²) in [5, 5.41) is 8.76. The molecule has 84 valence electrons. The highest BCUT2D eigenvalue weighted by Crippen LogP contribution is 2.26. The molecule has 17 heavy (non-hydrogen) atoms. The molecule has 2 rings (SSSR count). The van der Waals surface area contributed by atoms with Crippen molar-refractivity contribution in [2.24, 2.45) is 0 Å². The third-order valence-electron chi connectivity index (χ3n) is 1.99. The van der Waals surface area contributed by atoms with Crippen LogP contribution in [0.3, 0.4) is 0 Å². The van der Waals surface area contributed by atoms with Crippen molar-refractivity contribution >= 4 is 0 Å². The van der Waals surface area contributed by atoms with Gasteiger partial charge < -0.3 is 4.74 Å². The van der Waals surface area contributed by atoms with Gasteiger partial charge in [0, 0.05) is 12.3 Å². The van der Waals surface area contributed by atoms with Crippen LogP contribution in [0.5, 0.6) is 11.5 Å². The minimum absolute atomic E-state index is 0.0382. The lowest BCUT2D eigenvalue weighted by Crippen LogP contribution is -1.93. The van der Waals surface area contributed by atoms with Crippen LogP contribution in [0.25, 0.3) is 0 Å². The Morgan fingerprint density at radius 1 is 1.18 bits per heavy atom. The van der Waals surface area contributed by atoms with E-state index in [9.17, 15) is 8.78 Å². The van der Waals surface area contributed by atoms with Crippen LogP contribution < -0.4 is 4.74 Å². The first-order valence-corrected chi connectivity index (χ1v) is 4.69. The predicted octanol–water partition coefficient (Wildman–Crippen LogP) is 3.02. The topological polar surface area (TPSA) is 45.9 Å². The van der Waals surface area contributed by atoms with Crippen LogP contribution >= 0.6 is 0 Å². The molecule has 0 aliphatic rings. The molecule has 0 atom stereocenters. The lowest BCUT2D eigenvalue weighted by molar-refractivity contribution is 0.435. The van der Waals surface area contributed by atoms with Crippen LogP contribution in [0.2, 0.25) is 0 Å². The van der Waals surface area contributed by atoms with Gasteiger partial charge in [0.15, 0.2) is 23.0 Å². The molecule has 0 aliphatic carbocycles. The number of nitriles is 1. The van der Waals surface area contributed by atoms with E-state index in [1.165, 1.54) is 12.3 Å². The molecule has 0 aliphatic heterocycles. The maximum Gasteiger partial charge on any atom is 0.183 e. The molecule has 0 N–H and O–H groups in total. The molecule has 0 unspecified atom stereocenters. The van der Waals surface area contributed by atoms with Gasteiger partial charge in [0.1, 0.15) is 11.9 Å². The highest BCUT2D eigenvalue weighted by molar-refractivity contribution is 5.40. The van der Waals surface area contributed by atoms with Crippen molar-refractivity contribution in [2.45, 2.75) is 0 Å². The minimum atomic E-state index is -0.835. The number of rotatable bonds is 2. The molecule has 3 nitrogen and oxygen atoms in total. The van der Waals surface area contributed by atoms with Gasteiger partial charge in [0.25, 0.3) is 0 Å². The zero-order valence-corrected chi connectivity index (χ0v) is 8.52. The van der Waals surface area contributed by atoms with Crippen LogP contribution in [0.4, 0.5) is 8.78 Å². The van der Waals surface area contributed by atoms with E-state index >= 15 is 0 Å². The molecule has 0 fully saturated rings. The zero-order valence-electron chi connectivity index (χ0n) is 8.52. The first-order valence-electron chi connectivity index (χ1n) is 4.69. The minimum Gasteiger partial charge on any atom is -0.451 e. The number of ether oxygens (including phenoxy) is 1. The average molecular weight is 232 g/mol. The predicted molar refractivity (Wildman–Crippen MR) is 55.4 cm³/mol. The molecular weight excluding hydrogens is 226 g/mol. The van der Waals surface area contributed by atoms with Crippen LogP contribution in [-0.2, 0) is 0 Å². The van der Waals surface area contributed by atoms with Gasteiger partial charge in [0.2, 0.25) is 0 Å². The second-order valence-electron chi connectivity index (χ2n) is 3.14. The molecule has 1 heterocycles. The van der Waals surface area contributed by atoms with E-state index in [2.05, 4.69) is 4.98 Å². The highest BCUT2D eigenvalue weighted by Gasteiger charge is 2.09. The van der Waals surface area contributed by atoms with Gasteiger partial charge in [-0.1, -0.05) is 0 Å². The number of aromatic nitrogens is 1. The Morgan fingerprint density at radius 3 is 2.71 bits per heavy atom. The second kappa shape index (κ2) is 4.58. The van der Waals surface area contributed by atoms with Crippen molar-refractivity contribution in [3.63, 3.8) is 0 Å². The van der Waals surface area contributed by atoms with Crippen molar-refractivity contribution in [3.05, 3.63) is 53.9 Å². The summed E-state index contributed by atoms with van der Waals surface area (Å²) in [5.74, 6) is -1.56. The first kappa shape index (κ1) is 11.0. The Morgan fingerprint density at radius 2 is 2.00 bits per heavy atom. The highest BCUT2D eigenvalue weighted by atomic mass is 19.1. The van der Waals surface area contributed by atoms with Crippen molar-refractivity contribution in [3.8, 4) is 17.6 Å². The van der Waals surface area contributed by atoms with Gasteiger partial charge in [-0.3, -0.25) is 0 Å². The molecule has 0 spiro atoms. The molecule has 0 amide bonds. The first-order chi connectivity index (χ1) is 8.20. The molecule has 0 saturated heterocycles. The smallest absolute Gasteiger partial charge is 0.183 e. The maximum atomic E-state index is 13.3. The summed E-state index contributed by atoms with van der Waals surface area (Å²) in [6.07, 6.45) is 1.42. The number of pyridine rings is 1. The second-order valence-corrected chi connectivity index (χ2v) is 3.14.